The zero-order valence-electron chi connectivity index (χ0n) is 21.0. The molecule has 0 bridgehead atoms. The molecule has 11 heteroatoms. The normalized spacial score (nSPS) is 27.5. The Bertz CT molecular complexity index is 1170. The van der Waals surface area contributed by atoms with Crippen molar-refractivity contribution in [1.29, 1.82) is 0 Å². The van der Waals surface area contributed by atoms with Crippen molar-refractivity contribution in [2.24, 2.45) is 5.92 Å². The van der Waals surface area contributed by atoms with Crippen LogP contribution in [0, 0.1) is 5.92 Å². The molecule has 5 N–H and O–H groups in total. The van der Waals surface area contributed by atoms with E-state index in [-0.39, 0.29) is 18.0 Å². The lowest BCUT2D eigenvalue weighted by molar-refractivity contribution is -0.137. The van der Waals surface area contributed by atoms with Crippen LogP contribution in [0.2, 0.25) is 0 Å². The van der Waals surface area contributed by atoms with E-state index >= 15 is 0 Å². The molecule has 2 amide bonds. The smallest absolute Gasteiger partial charge is 0.416 e. The Morgan fingerprint density at radius 3 is 2.47 bits per heavy atom. The molecule has 1 saturated carbocycles. The average molecular weight is 536 g/mol. The topological polar surface area (TPSA) is 120 Å². The summed E-state index contributed by atoms with van der Waals surface area (Å²) in [5, 5.41) is 30.6. The summed E-state index contributed by atoms with van der Waals surface area (Å²) in [5.74, 6) is -0.890. The van der Waals surface area contributed by atoms with Gasteiger partial charge in [0.2, 0.25) is 5.91 Å². The second-order valence-electron chi connectivity index (χ2n) is 10.0. The maximum Gasteiger partial charge on any atom is 0.416 e. The second-order valence-corrected chi connectivity index (χ2v) is 10.0. The number of hydrogen-bond donors (Lipinski definition) is 5. The van der Waals surface area contributed by atoms with Crippen LogP contribution < -0.4 is 20.7 Å². The van der Waals surface area contributed by atoms with Crippen molar-refractivity contribution in [3.05, 3.63) is 65.2 Å². The SMILES string of the molecule is COc1cccc(C2(O)CCC([C@]3(NC(=O)CNC(=O)c4cccc(C(F)(F)F)c4)CNC[C@@H]3O)CC2)c1. The Morgan fingerprint density at radius 2 is 1.84 bits per heavy atom. The summed E-state index contributed by atoms with van der Waals surface area (Å²) in [6.45, 7) is 0.112. The van der Waals surface area contributed by atoms with Crippen molar-refractivity contribution in [3.63, 3.8) is 0 Å². The number of rotatable bonds is 7. The zero-order valence-corrected chi connectivity index (χ0v) is 21.0. The molecule has 8 nitrogen and oxygen atoms in total. The highest BCUT2D eigenvalue weighted by Gasteiger charge is 2.51. The summed E-state index contributed by atoms with van der Waals surface area (Å²) >= 11 is 0. The van der Waals surface area contributed by atoms with Gasteiger partial charge in [0.05, 0.1) is 36.5 Å². The Labute approximate surface area is 218 Å². The molecule has 2 fully saturated rings. The Morgan fingerprint density at radius 1 is 1.13 bits per heavy atom. The summed E-state index contributed by atoms with van der Waals surface area (Å²) < 4.78 is 44.2. The van der Waals surface area contributed by atoms with Gasteiger partial charge in [0.15, 0.2) is 0 Å². The predicted molar refractivity (Wildman–Crippen MR) is 132 cm³/mol. The van der Waals surface area contributed by atoms with E-state index in [1.807, 2.05) is 12.1 Å². The van der Waals surface area contributed by atoms with Crippen LogP contribution in [-0.4, -0.2) is 60.4 Å². The molecule has 1 heterocycles. The van der Waals surface area contributed by atoms with Crippen LogP contribution in [0.15, 0.2) is 48.5 Å². The molecule has 2 aromatic carbocycles. The first-order valence-electron chi connectivity index (χ1n) is 12.5. The Hall–Kier alpha value is -3.15. The summed E-state index contributed by atoms with van der Waals surface area (Å²) in [6, 6.07) is 11.2. The minimum absolute atomic E-state index is 0.151. The number of amides is 2. The van der Waals surface area contributed by atoms with Crippen LogP contribution in [0.4, 0.5) is 13.2 Å². The lowest BCUT2D eigenvalue weighted by Crippen LogP contribution is -2.63. The summed E-state index contributed by atoms with van der Waals surface area (Å²) in [6.07, 6.45) is -3.58. The molecular formula is C27H32F3N3O5. The van der Waals surface area contributed by atoms with E-state index in [9.17, 15) is 33.0 Å². The van der Waals surface area contributed by atoms with Gasteiger partial charge in [-0.1, -0.05) is 18.2 Å². The Kier molecular flexibility index (Phi) is 8.01. The number of alkyl halides is 3. The van der Waals surface area contributed by atoms with Gasteiger partial charge in [-0.2, -0.15) is 13.2 Å². The molecule has 2 aromatic rings. The predicted octanol–water partition coefficient (Wildman–Crippen LogP) is 2.34. The summed E-state index contributed by atoms with van der Waals surface area (Å²) in [4.78, 5) is 25.3. The monoisotopic (exact) mass is 535 g/mol. The van der Waals surface area contributed by atoms with Gasteiger partial charge >= 0.3 is 6.18 Å². The van der Waals surface area contributed by atoms with E-state index in [1.165, 1.54) is 6.07 Å². The maximum atomic E-state index is 13.0. The van der Waals surface area contributed by atoms with E-state index in [1.54, 1.807) is 19.2 Å². The van der Waals surface area contributed by atoms with Gasteiger partial charge in [-0.25, -0.2) is 0 Å². The number of aliphatic hydroxyl groups excluding tert-OH is 1. The molecule has 0 spiro atoms. The molecule has 0 aromatic heterocycles. The lowest BCUT2D eigenvalue weighted by atomic mass is 9.67. The van der Waals surface area contributed by atoms with E-state index in [0.29, 0.717) is 38.0 Å². The van der Waals surface area contributed by atoms with E-state index in [2.05, 4.69) is 16.0 Å². The highest BCUT2D eigenvalue weighted by Crippen LogP contribution is 2.45. The van der Waals surface area contributed by atoms with E-state index in [4.69, 9.17) is 4.74 Å². The minimum atomic E-state index is -4.59. The van der Waals surface area contributed by atoms with Crippen molar-refractivity contribution < 1.29 is 37.7 Å². The molecule has 2 aliphatic rings. The molecule has 1 aliphatic carbocycles. The molecule has 38 heavy (non-hydrogen) atoms. The van der Waals surface area contributed by atoms with Gasteiger partial charge in [-0.15, -0.1) is 0 Å². The molecular weight excluding hydrogens is 503 g/mol. The second kappa shape index (κ2) is 10.9. The van der Waals surface area contributed by atoms with Crippen molar-refractivity contribution >= 4 is 11.8 Å². The first-order chi connectivity index (χ1) is 18.0. The fraction of sp³-hybridized carbons (Fsp3) is 0.481. The van der Waals surface area contributed by atoms with Gasteiger partial charge in [0.25, 0.3) is 5.91 Å². The van der Waals surface area contributed by atoms with Crippen LogP contribution in [0.5, 0.6) is 5.75 Å². The third kappa shape index (κ3) is 5.79. The fourth-order valence-electron chi connectivity index (χ4n) is 5.58. The first kappa shape index (κ1) is 27.9. The third-order valence-electron chi connectivity index (χ3n) is 7.73. The number of carbonyl (C=O) groups excluding carboxylic acids is 2. The quantitative estimate of drug-likeness (QED) is 0.371. The number of hydrogen-bond acceptors (Lipinski definition) is 6. The molecule has 206 valence electrons. The summed E-state index contributed by atoms with van der Waals surface area (Å²) in [5.41, 5.74) is -2.50. The average Bonchev–Trinajstić information content (AvgIpc) is 3.27. The number of nitrogens with one attached hydrogen (secondary N) is 3. The van der Waals surface area contributed by atoms with Crippen LogP contribution in [0.25, 0.3) is 0 Å². The number of aliphatic hydroxyl groups is 2. The number of β-amino-alcohol motifs (C(OH)–C–C–N with tert-alkyl or cyclic N) is 1. The van der Waals surface area contributed by atoms with Crippen molar-refractivity contribution in [2.75, 3.05) is 26.7 Å². The summed E-state index contributed by atoms with van der Waals surface area (Å²) in [7, 11) is 1.56. The largest absolute Gasteiger partial charge is 0.497 e. The number of halogens is 3. The number of ether oxygens (including phenoxy) is 1. The molecule has 0 unspecified atom stereocenters. The number of carbonyl (C=O) groups is 2. The highest BCUT2D eigenvalue weighted by atomic mass is 19.4. The number of methoxy groups -OCH3 is 1. The molecule has 1 aliphatic heterocycles. The van der Waals surface area contributed by atoms with Gasteiger partial charge in [-0.05, 0) is 67.5 Å². The van der Waals surface area contributed by atoms with Crippen molar-refractivity contribution in [3.8, 4) is 5.75 Å². The molecule has 4 rings (SSSR count). The van der Waals surface area contributed by atoms with E-state index < -0.39 is 47.3 Å². The zero-order chi connectivity index (χ0) is 27.6. The first-order valence-corrected chi connectivity index (χ1v) is 12.5. The van der Waals surface area contributed by atoms with Gasteiger partial charge in [-0.3, -0.25) is 9.59 Å². The van der Waals surface area contributed by atoms with Crippen LogP contribution in [0.3, 0.4) is 0 Å². The molecule has 2 atom stereocenters. The van der Waals surface area contributed by atoms with Gasteiger partial charge < -0.3 is 30.9 Å². The lowest BCUT2D eigenvalue weighted by Gasteiger charge is -2.46. The van der Waals surface area contributed by atoms with E-state index in [0.717, 1.165) is 23.8 Å². The van der Waals surface area contributed by atoms with Crippen molar-refractivity contribution in [2.45, 2.75) is 49.1 Å². The molecule has 1 saturated heterocycles. The van der Waals surface area contributed by atoms with Crippen LogP contribution in [0.1, 0.15) is 47.2 Å². The van der Waals surface area contributed by atoms with Gasteiger partial charge in [0.1, 0.15) is 5.75 Å². The maximum absolute atomic E-state index is 13.0. The van der Waals surface area contributed by atoms with Gasteiger partial charge in [0, 0.05) is 18.7 Å². The van der Waals surface area contributed by atoms with Crippen LogP contribution in [-0.2, 0) is 16.6 Å². The molecule has 0 radical (unpaired) electrons. The number of benzene rings is 2. The minimum Gasteiger partial charge on any atom is -0.497 e. The fourth-order valence-corrected chi connectivity index (χ4v) is 5.58. The standard InChI is InChI=1S/C27H32F3N3O5/c1-38-21-7-3-5-19(13-21)25(37)10-8-18(9-11-25)26(16-31-14-22(26)34)33-23(35)15-32-24(36)17-4-2-6-20(12-17)27(28,29)30/h2-7,12-13,18,22,31,34,37H,8-11,14-16H2,1H3,(H,32,36)(H,33,35)/t18?,22-,25?,26+/m0/s1. The van der Waals surface area contributed by atoms with Crippen LogP contribution >= 0.6 is 0 Å². The third-order valence-corrected chi connectivity index (χ3v) is 7.73. The van der Waals surface area contributed by atoms with Crippen molar-refractivity contribution in [1.82, 2.24) is 16.0 Å². The Balaban J connectivity index is 1.40. The highest BCUT2D eigenvalue weighted by molar-refractivity contribution is 5.96.